The van der Waals surface area contributed by atoms with Gasteiger partial charge < -0.3 is 5.73 Å². The number of alkyl halides is 3. The van der Waals surface area contributed by atoms with Crippen molar-refractivity contribution in [2.24, 2.45) is 11.7 Å². The first kappa shape index (κ1) is 16.3. The summed E-state index contributed by atoms with van der Waals surface area (Å²) in [7, 11) is 0. The van der Waals surface area contributed by atoms with Crippen LogP contribution in [0, 0.1) is 5.92 Å². The van der Waals surface area contributed by atoms with E-state index in [-0.39, 0.29) is 6.04 Å². The van der Waals surface area contributed by atoms with Gasteiger partial charge in [-0.3, -0.25) is 4.90 Å². The average molecular weight is 300 g/mol. The minimum Gasteiger partial charge on any atom is -0.329 e. The summed E-state index contributed by atoms with van der Waals surface area (Å²) in [5, 5.41) is 0. The molecule has 1 aromatic carbocycles. The lowest BCUT2D eigenvalue weighted by Gasteiger charge is -2.35. The molecule has 2 rings (SSSR count). The van der Waals surface area contributed by atoms with Crippen molar-refractivity contribution in [2.45, 2.75) is 44.9 Å². The predicted octanol–water partition coefficient (Wildman–Crippen LogP) is 3.83. The van der Waals surface area contributed by atoms with Crippen LogP contribution < -0.4 is 5.73 Å². The molecule has 0 spiro atoms. The lowest BCUT2D eigenvalue weighted by atomic mass is 9.97. The fourth-order valence-corrected chi connectivity index (χ4v) is 3.28. The zero-order chi connectivity index (χ0) is 15.6. The zero-order valence-electron chi connectivity index (χ0n) is 12.5. The molecule has 21 heavy (non-hydrogen) atoms. The summed E-state index contributed by atoms with van der Waals surface area (Å²) in [4.78, 5) is 2.35. The molecule has 0 saturated carbocycles. The summed E-state index contributed by atoms with van der Waals surface area (Å²) in [6.45, 7) is 5.76. The largest absolute Gasteiger partial charge is 0.416 e. The molecule has 1 aliphatic rings. The number of nitrogens with two attached hydrogens (primary N) is 1. The van der Waals surface area contributed by atoms with E-state index >= 15 is 0 Å². The van der Waals surface area contributed by atoms with Gasteiger partial charge in [-0.15, -0.1) is 0 Å². The number of halogens is 3. The molecule has 2 atom stereocenters. The fourth-order valence-electron chi connectivity index (χ4n) is 3.28. The third-order valence-electron chi connectivity index (χ3n) is 4.36. The van der Waals surface area contributed by atoms with Crippen LogP contribution in [0.15, 0.2) is 24.3 Å². The van der Waals surface area contributed by atoms with Crippen molar-refractivity contribution in [1.29, 1.82) is 0 Å². The first-order chi connectivity index (χ1) is 9.84. The highest BCUT2D eigenvalue weighted by Crippen LogP contribution is 2.34. The molecule has 5 heteroatoms. The zero-order valence-corrected chi connectivity index (χ0v) is 12.5. The molecule has 1 saturated heterocycles. The summed E-state index contributed by atoms with van der Waals surface area (Å²) in [5.41, 5.74) is 6.17. The third kappa shape index (κ3) is 3.58. The van der Waals surface area contributed by atoms with Crippen molar-refractivity contribution < 1.29 is 13.2 Å². The maximum atomic E-state index is 12.6. The SMILES string of the molecule is CC(C)C1CCCN1C(CN)c1ccc(C(F)(F)F)cc1. The Bertz CT molecular complexity index is 454. The smallest absolute Gasteiger partial charge is 0.329 e. The van der Waals surface area contributed by atoms with Gasteiger partial charge in [-0.2, -0.15) is 13.2 Å². The van der Waals surface area contributed by atoms with Crippen molar-refractivity contribution in [3.05, 3.63) is 35.4 Å². The number of hydrogen-bond donors (Lipinski definition) is 1. The van der Waals surface area contributed by atoms with Crippen LogP contribution in [-0.2, 0) is 6.18 Å². The molecule has 0 amide bonds. The summed E-state index contributed by atoms with van der Waals surface area (Å²) in [6, 6.07) is 5.89. The standard InChI is InChI=1S/C16H23F3N2/c1-11(2)14-4-3-9-21(14)15(10-20)12-5-7-13(8-6-12)16(17,18)19/h5-8,11,14-15H,3-4,9-10,20H2,1-2H3. The summed E-state index contributed by atoms with van der Waals surface area (Å²) in [5.74, 6) is 0.524. The van der Waals surface area contributed by atoms with Gasteiger partial charge in [-0.05, 0) is 43.0 Å². The highest BCUT2D eigenvalue weighted by atomic mass is 19.4. The first-order valence-electron chi connectivity index (χ1n) is 7.47. The summed E-state index contributed by atoms with van der Waals surface area (Å²) in [6.07, 6.45) is -2.03. The number of benzene rings is 1. The molecule has 1 aliphatic heterocycles. The maximum Gasteiger partial charge on any atom is 0.416 e. The minimum absolute atomic E-state index is 0.00202. The Morgan fingerprint density at radius 2 is 1.86 bits per heavy atom. The van der Waals surface area contributed by atoms with E-state index in [2.05, 4.69) is 18.7 Å². The molecule has 0 bridgehead atoms. The van der Waals surface area contributed by atoms with E-state index < -0.39 is 11.7 Å². The van der Waals surface area contributed by atoms with Crippen molar-refractivity contribution >= 4 is 0 Å². The number of nitrogens with zero attached hydrogens (tertiary/aromatic N) is 1. The molecule has 0 aliphatic carbocycles. The van der Waals surface area contributed by atoms with Crippen LogP contribution in [0.1, 0.15) is 43.9 Å². The van der Waals surface area contributed by atoms with Gasteiger partial charge in [0.2, 0.25) is 0 Å². The number of rotatable bonds is 4. The maximum absolute atomic E-state index is 12.6. The Morgan fingerprint density at radius 3 is 2.33 bits per heavy atom. The normalized spacial score (nSPS) is 22.0. The average Bonchev–Trinajstić information content (AvgIpc) is 2.88. The van der Waals surface area contributed by atoms with Crippen LogP contribution >= 0.6 is 0 Å². The number of hydrogen-bond acceptors (Lipinski definition) is 2. The summed E-state index contributed by atoms with van der Waals surface area (Å²) >= 11 is 0. The van der Waals surface area contributed by atoms with Crippen LogP contribution in [0.25, 0.3) is 0 Å². The van der Waals surface area contributed by atoms with Crippen LogP contribution in [0.4, 0.5) is 13.2 Å². The van der Waals surface area contributed by atoms with Gasteiger partial charge in [0, 0.05) is 18.6 Å². The molecule has 1 heterocycles. The Hall–Kier alpha value is -1.07. The van der Waals surface area contributed by atoms with Crippen molar-refractivity contribution in [3.63, 3.8) is 0 Å². The Kier molecular flexibility index (Phi) is 4.94. The van der Waals surface area contributed by atoms with Gasteiger partial charge in [0.15, 0.2) is 0 Å². The lowest BCUT2D eigenvalue weighted by Crippen LogP contribution is -2.39. The number of likely N-dealkylation sites (tertiary alicyclic amines) is 1. The van der Waals surface area contributed by atoms with Crippen molar-refractivity contribution in [2.75, 3.05) is 13.1 Å². The van der Waals surface area contributed by atoms with E-state index in [1.807, 2.05) is 0 Å². The molecule has 0 aromatic heterocycles. The highest BCUT2D eigenvalue weighted by Gasteiger charge is 2.34. The second kappa shape index (κ2) is 6.36. The second-order valence-electron chi connectivity index (χ2n) is 6.06. The van der Waals surface area contributed by atoms with Gasteiger partial charge in [-0.25, -0.2) is 0 Å². The Labute approximate surface area is 124 Å². The predicted molar refractivity (Wildman–Crippen MR) is 77.8 cm³/mol. The van der Waals surface area contributed by atoms with E-state index in [1.54, 1.807) is 12.1 Å². The Balaban J connectivity index is 2.21. The highest BCUT2D eigenvalue weighted by molar-refractivity contribution is 5.27. The van der Waals surface area contributed by atoms with Gasteiger partial charge in [0.05, 0.1) is 5.56 Å². The molecule has 2 nitrogen and oxygen atoms in total. The molecular formula is C16H23F3N2. The van der Waals surface area contributed by atoms with Gasteiger partial charge in [0.1, 0.15) is 0 Å². The molecule has 0 radical (unpaired) electrons. The van der Waals surface area contributed by atoms with E-state index in [9.17, 15) is 13.2 Å². The first-order valence-corrected chi connectivity index (χ1v) is 7.47. The molecule has 2 unspecified atom stereocenters. The lowest BCUT2D eigenvalue weighted by molar-refractivity contribution is -0.137. The fraction of sp³-hybridized carbons (Fsp3) is 0.625. The monoisotopic (exact) mass is 300 g/mol. The quantitative estimate of drug-likeness (QED) is 0.916. The van der Waals surface area contributed by atoms with E-state index in [0.717, 1.165) is 37.1 Å². The van der Waals surface area contributed by atoms with Crippen LogP contribution in [0.5, 0.6) is 0 Å². The molecule has 1 fully saturated rings. The van der Waals surface area contributed by atoms with Crippen LogP contribution in [-0.4, -0.2) is 24.0 Å². The van der Waals surface area contributed by atoms with Crippen LogP contribution in [0.2, 0.25) is 0 Å². The van der Waals surface area contributed by atoms with E-state index in [4.69, 9.17) is 5.73 Å². The van der Waals surface area contributed by atoms with Crippen molar-refractivity contribution in [1.82, 2.24) is 4.90 Å². The molecule has 118 valence electrons. The van der Waals surface area contributed by atoms with E-state index in [1.165, 1.54) is 0 Å². The summed E-state index contributed by atoms with van der Waals surface area (Å²) < 4.78 is 37.9. The van der Waals surface area contributed by atoms with Gasteiger partial charge in [0.25, 0.3) is 0 Å². The Morgan fingerprint density at radius 1 is 1.24 bits per heavy atom. The van der Waals surface area contributed by atoms with Gasteiger partial charge in [-0.1, -0.05) is 26.0 Å². The third-order valence-corrected chi connectivity index (χ3v) is 4.36. The topological polar surface area (TPSA) is 29.3 Å². The van der Waals surface area contributed by atoms with Gasteiger partial charge >= 0.3 is 6.18 Å². The van der Waals surface area contributed by atoms with Crippen LogP contribution in [0.3, 0.4) is 0 Å². The molecule has 1 aromatic rings. The second-order valence-corrected chi connectivity index (χ2v) is 6.06. The van der Waals surface area contributed by atoms with Crippen molar-refractivity contribution in [3.8, 4) is 0 Å². The molecular weight excluding hydrogens is 277 g/mol. The molecule has 2 N–H and O–H groups in total. The minimum atomic E-state index is -4.29. The van der Waals surface area contributed by atoms with E-state index in [0.29, 0.717) is 18.5 Å².